The van der Waals surface area contributed by atoms with Crippen molar-refractivity contribution in [1.29, 1.82) is 0 Å². The van der Waals surface area contributed by atoms with Crippen LogP contribution in [-0.4, -0.2) is 64.9 Å². The number of nitrogens with zero attached hydrogens (tertiary/aromatic N) is 1. The van der Waals surface area contributed by atoms with Gasteiger partial charge in [0, 0.05) is 26.2 Å². The second-order valence-corrected chi connectivity index (χ2v) is 7.95. The number of amides is 1. The molecule has 146 valence electrons. The largest absolute Gasteiger partial charge is 0.493 e. The summed E-state index contributed by atoms with van der Waals surface area (Å²) in [7, 11) is -0.351. The fourth-order valence-corrected chi connectivity index (χ4v) is 4.11. The molecule has 0 unspecified atom stereocenters. The number of fused-ring (bicyclic) bond motifs is 1. The Kier molecular flexibility index (Phi) is 7.24. The predicted molar refractivity (Wildman–Crippen MR) is 96.9 cm³/mol. The number of sulfonamides is 1. The van der Waals surface area contributed by atoms with Crippen molar-refractivity contribution >= 4 is 15.9 Å². The monoisotopic (exact) mass is 386 g/mol. The van der Waals surface area contributed by atoms with E-state index in [1.165, 1.54) is 4.31 Å². The van der Waals surface area contributed by atoms with E-state index in [4.69, 9.17) is 14.2 Å². The lowest BCUT2D eigenvalue weighted by molar-refractivity contribution is -0.125. The predicted octanol–water partition coefficient (Wildman–Crippen LogP) is 0.544. The molecule has 0 aromatic heterocycles. The Morgan fingerprint density at radius 3 is 2.46 bits per heavy atom. The maximum absolute atomic E-state index is 12.6. The molecule has 0 bridgehead atoms. The van der Waals surface area contributed by atoms with Gasteiger partial charge in [-0.15, -0.1) is 0 Å². The van der Waals surface area contributed by atoms with Gasteiger partial charge in [-0.25, -0.2) is 8.42 Å². The summed E-state index contributed by atoms with van der Waals surface area (Å²) in [5.41, 5.74) is 1.96. The summed E-state index contributed by atoms with van der Waals surface area (Å²) in [5, 5.41) is 2.56. The van der Waals surface area contributed by atoms with Crippen LogP contribution in [0.5, 0.6) is 11.5 Å². The smallest absolute Gasteiger partial charge is 0.246 e. The van der Waals surface area contributed by atoms with Gasteiger partial charge in [0.15, 0.2) is 11.5 Å². The molecule has 1 aliphatic heterocycles. The molecule has 26 heavy (non-hydrogen) atoms. The lowest BCUT2D eigenvalue weighted by Gasteiger charge is -2.29. The van der Waals surface area contributed by atoms with Crippen molar-refractivity contribution in [2.45, 2.75) is 19.9 Å². The summed E-state index contributed by atoms with van der Waals surface area (Å²) >= 11 is 0. The van der Waals surface area contributed by atoms with Crippen molar-refractivity contribution < 1.29 is 27.4 Å². The van der Waals surface area contributed by atoms with Crippen molar-refractivity contribution in [3.05, 3.63) is 23.3 Å². The molecule has 0 aliphatic carbocycles. The maximum Gasteiger partial charge on any atom is 0.246 e. The number of rotatable bonds is 9. The van der Waals surface area contributed by atoms with Crippen LogP contribution < -0.4 is 14.8 Å². The number of hydrogen-bond donors (Lipinski definition) is 1. The van der Waals surface area contributed by atoms with Gasteiger partial charge in [0.1, 0.15) is 6.61 Å². The number of methoxy groups -OCH3 is 2. The lowest BCUT2D eigenvalue weighted by Crippen LogP contribution is -2.41. The first-order chi connectivity index (χ1) is 12.4. The second kappa shape index (κ2) is 9.20. The molecule has 0 saturated heterocycles. The Morgan fingerprint density at radius 1 is 1.19 bits per heavy atom. The normalized spacial score (nSPS) is 14.6. The van der Waals surface area contributed by atoms with E-state index in [2.05, 4.69) is 5.32 Å². The topological polar surface area (TPSA) is 94.2 Å². The summed E-state index contributed by atoms with van der Waals surface area (Å²) in [4.78, 5) is 11.5. The number of ether oxygens (including phenoxy) is 3. The van der Waals surface area contributed by atoms with Gasteiger partial charge in [-0.2, -0.15) is 4.31 Å². The molecule has 1 N–H and O–H groups in total. The van der Waals surface area contributed by atoms with Crippen molar-refractivity contribution in [2.24, 2.45) is 0 Å². The highest BCUT2D eigenvalue weighted by molar-refractivity contribution is 7.89. The summed E-state index contributed by atoms with van der Waals surface area (Å²) in [6.07, 6.45) is 0.603. The van der Waals surface area contributed by atoms with Crippen LogP contribution in [0.25, 0.3) is 0 Å². The third-order valence-electron chi connectivity index (χ3n) is 4.20. The van der Waals surface area contributed by atoms with Gasteiger partial charge in [-0.05, 0) is 36.6 Å². The summed E-state index contributed by atoms with van der Waals surface area (Å²) < 4.78 is 42.1. The average molecular weight is 386 g/mol. The van der Waals surface area contributed by atoms with E-state index < -0.39 is 10.0 Å². The Balaban J connectivity index is 1.99. The van der Waals surface area contributed by atoms with E-state index in [0.29, 0.717) is 31.1 Å². The SMILES string of the molecule is CCOCC(=O)NCCS(=O)(=O)N1CCc2cc(OC)c(OC)cc2C1. The minimum Gasteiger partial charge on any atom is -0.493 e. The molecule has 1 amide bonds. The first-order valence-corrected chi connectivity index (χ1v) is 10.1. The van der Waals surface area contributed by atoms with E-state index in [-0.39, 0.29) is 31.4 Å². The second-order valence-electron chi connectivity index (χ2n) is 5.86. The highest BCUT2D eigenvalue weighted by Gasteiger charge is 2.27. The number of carbonyl (C=O) groups is 1. The molecule has 0 atom stereocenters. The van der Waals surface area contributed by atoms with Crippen LogP contribution in [0, 0.1) is 0 Å². The molecule has 9 heteroatoms. The van der Waals surface area contributed by atoms with Crippen LogP contribution in [0.15, 0.2) is 12.1 Å². The van der Waals surface area contributed by atoms with Crippen molar-refractivity contribution in [3.63, 3.8) is 0 Å². The van der Waals surface area contributed by atoms with E-state index in [1.807, 2.05) is 12.1 Å². The number of hydrogen-bond acceptors (Lipinski definition) is 6. The van der Waals surface area contributed by atoms with Crippen LogP contribution in [0.2, 0.25) is 0 Å². The van der Waals surface area contributed by atoms with Crippen molar-refractivity contribution in [2.75, 3.05) is 46.3 Å². The molecular weight excluding hydrogens is 360 g/mol. The zero-order valence-corrected chi connectivity index (χ0v) is 16.2. The van der Waals surface area contributed by atoms with E-state index >= 15 is 0 Å². The lowest BCUT2D eigenvalue weighted by atomic mass is 10.0. The Morgan fingerprint density at radius 2 is 1.85 bits per heavy atom. The standard InChI is InChI=1S/C17H26N2O6S/c1-4-25-12-17(20)18-6-8-26(21,22)19-7-5-13-9-15(23-2)16(24-3)10-14(13)11-19/h9-10H,4-8,11-12H2,1-3H3,(H,18,20). The van der Waals surface area contributed by atoms with Crippen molar-refractivity contribution in [3.8, 4) is 11.5 Å². The van der Waals surface area contributed by atoms with Crippen LogP contribution in [0.1, 0.15) is 18.1 Å². The molecule has 8 nitrogen and oxygen atoms in total. The summed E-state index contributed by atoms with van der Waals surface area (Å²) in [6.45, 7) is 2.91. The van der Waals surface area contributed by atoms with Gasteiger partial charge in [-0.3, -0.25) is 4.79 Å². The molecule has 1 aromatic carbocycles. The minimum atomic E-state index is -3.47. The number of benzene rings is 1. The van der Waals surface area contributed by atoms with Gasteiger partial charge in [-0.1, -0.05) is 0 Å². The molecule has 0 spiro atoms. The van der Waals surface area contributed by atoms with Crippen LogP contribution in [-0.2, 0) is 32.5 Å². The van der Waals surface area contributed by atoms with Gasteiger partial charge in [0.05, 0.1) is 20.0 Å². The van der Waals surface area contributed by atoms with E-state index in [1.54, 1.807) is 21.1 Å². The fourth-order valence-electron chi connectivity index (χ4n) is 2.79. The Bertz CT molecular complexity index is 735. The molecule has 2 rings (SSSR count). The number of carbonyl (C=O) groups excluding carboxylic acids is 1. The van der Waals surface area contributed by atoms with Crippen LogP contribution in [0.3, 0.4) is 0 Å². The van der Waals surface area contributed by atoms with Crippen LogP contribution in [0.4, 0.5) is 0 Å². The molecule has 0 fully saturated rings. The Hall–Kier alpha value is -1.84. The molecular formula is C17H26N2O6S. The molecule has 1 aromatic rings. The summed E-state index contributed by atoms with van der Waals surface area (Å²) in [6, 6.07) is 3.71. The molecule has 1 heterocycles. The number of nitrogens with one attached hydrogen (secondary N) is 1. The zero-order valence-electron chi connectivity index (χ0n) is 15.4. The molecule has 0 saturated carbocycles. The highest BCUT2D eigenvalue weighted by atomic mass is 32.2. The minimum absolute atomic E-state index is 0.0591. The van der Waals surface area contributed by atoms with Gasteiger partial charge >= 0.3 is 0 Å². The third kappa shape index (κ3) is 5.09. The van der Waals surface area contributed by atoms with Crippen molar-refractivity contribution in [1.82, 2.24) is 9.62 Å². The summed E-state index contributed by atoms with van der Waals surface area (Å²) in [5.74, 6) is 0.754. The van der Waals surface area contributed by atoms with Gasteiger partial charge in [0.2, 0.25) is 15.9 Å². The maximum atomic E-state index is 12.6. The quantitative estimate of drug-likeness (QED) is 0.666. The third-order valence-corrected chi connectivity index (χ3v) is 6.01. The average Bonchev–Trinajstić information content (AvgIpc) is 2.64. The zero-order chi connectivity index (χ0) is 19.2. The van der Waals surface area contributed by atoms with E-state index in [0.717, 1.165) is 11.1 Å². The van der Waals surface area contributed by atoms with Gasteiger partial charge < -0.3 is 19.5 Å². The molecule has 1 aliphatic rings. The Labute approximate surface area is 154 Å². The first-order valence-electron chi connectivity index (χ1n) is 8.47. The van der Waals surface area contributed by atoms with Gasteiger partial charge in [0.25, 0.3) is 0 Å². The van der Waals surface area contributed by atoms with Crippen LogP contribution >= 0.6 is 0 Å². The first kappa shape index (κ1) is 20.5. The highest BCUT2D eigenvalue weighted by Crippen LogP contribution is 2.33. The van der Waals surface area contributed by atoms with E-state index in [9.17, 15) is 13.2 Å². The molecule has 0 radical (unpaired) electrons. The fraction of sp³-hybridized carbons (Fsp3) is 0.588.